The molecule has 7 heteroatoms. The van der Waals surface area contributed by atoms with Crippen LogP contribution in [-0.4, -0.2) is 40.9 Å². The maximum Gasteiger partial charge on any atom is 0.253 e. The summed E-state index contributed by atoms with van der Waals surface area (Å²) >= 11 is 0. The number of hydrogen-bond donors (Lipinski definition) is 0. The van der Waals surface area contributed by atoms with Crippen LogP contribution in [0.15, 0.2) is 46.9 Å². The molecule has 1 atom stereocenters. The molecule has 0 saturated carbocycles. The van der Waals surface area contributed by atoms with Gasteiger partial charge in [0.25, 0.3) is 5.91 Å². The number of carbonyl (C=O) groups excluding carboxylic acids is 1. The zero-order valence-corrected chi connectivity index (χ0v) is 18.6. The maximum absolute atomic E-state index is 13.1. The molecular formula is C25H27N3O4. The number of hydrogen-bond acceptors (Lipinski definition) is 6. The highest BCUT2D eigenvalue weighted by atomic mass is 16.7. The van der Waals surface area contributed by atoms with Gasteiger partial charge in [-0.15, -0.1) is 10.2 Å². The second-order valence-corrected chi connectivity index (χ2v) is 9.43. The first-order chi connectivity index (χ1) is 15.4. The molecule has 1 amide bonds. The summed E-state index contributed by atoms with van der Waals surface area (Å²) in [5.41, 5.74) is 2.78. The first-order valence-electron chi connectivity index (χ1n) is 11.0. The van der Waals surface area contributed by atoms with Gasteiger partial charge >= 0.3 is 0 Å². The summed E-state index contributed by atoms with van der Waals surface area (Å²) in [5, 5.41) is 8.52. The zero-order chi connectivity index (χ0) is 22.3. The summed E-state index contributed by atoms with van der Waals surface area (Å²) in [6.45, 7) is 8.03. The number of piperidine rings is 1. The fourth-order valence-corrected chi connectivity index (χ4v) is 4.20. The molecule has 32 heavy (non-hydrogen) atoms. The van der Waals surface area contributed by atoms with E-state index in [-0.39, 0.29) is 24.0 Å². The SMILES string of the molecule is CC(C)(C)c1ccc(C(=O)N2CCCC(c3nnc(-c4ccc5c(c4)OCO5)o3)C2)cc1. The summed E-state index contributed by atoms with van der Waals surface area (Å²) in [7, 11) is 0. The van der Waals surface area contributed by atoms with E-state index in [0.29, 0.717) is 35.4 Å². The van der Waals surface area contributed by atoms with Crippen LogP contribution in [0.2, 0.25) is 0 Å². The largest absolute Gasteiger partial charge is 0.454 e. The van der Waals surface area contributed by atoms with E-state index in [1.165, 1.54) is 5.56 Å². The van der Waals surface area contributed by atoms with Crippen molar-refractivity contribution in [2.75, 3.05) is 19.9 Å². The number of fused-ring (bicyclic) bond motifs is 1. The predicted molar refractivity (Wildman–Crippen MR) is 119 cm³/mol. The smallest absolute Gasteiger partial charge is 0.253 e. The number of likely N-dealkylation sites (tertiary alicyclic amines) is 1. The Labute approximate surface area is 187 Å². The number of benzene rings is 2. The van der Waals surface area contributed by atoms with Crippen LogP contribution in [0.1, 0.15) is 61.3 Å². The molecule has 5 rings (SSSR count). The van der Waals surface area contributed by atoms with Crippen LogP contribution in [0, 0.1) is 0 Å². The molecule has 2 aliphatic heterocycles. The number of carbonyl (C=O) groups is 1. The predicted octanol–water partition coefficient (Wildman–Crippen LogP) is 4.78. The first-order valence-corrected chi connectivity index (χ1v) is 11.0. The third kappa shape index (κ3) is 3.95. The quantitative estimate of drug-likeness (QED) is 0.591. The Bertz CT molecular complexity index is 1130. The van der Waals surface area contributed by atoms with Gasteiger partial charge in [-0.2, -0.15) is 0 Å². The third-order valence-electron chi connectivity index (χ3n) is 6.12. The van der Waals surface area contributed by atoms with Gasteiger partial charge in [0.05, 0.1) is 5.92 Å². The fourth-order valence-electron chi connectivity index (χ4n) is 4.20. The highest BCUT2D eigenvalue weighted by molar-refractivity contribution is 5.94. The Morgan fingerprint density at radius 1 is 1.03 bits per heavy atom. The van der Waals surface area contributed by atoms with Crippen molar-refractivity contribution in [2.45, 2.75) is 44.9 Å². The highest BCUT2D eigenvalue weighted by Gasteiger charge is 2.29. The first kappa shape index (κ1) is 20.5. The Balaban J connectivity index is 1.30. The minimum atomic E-state index is 0.0248. The Kier molecular flexibility index (Phi) is 5.12. The Morgan fingerprint density at radius 3 is 2.59 bits per heavy atom. The van der Waals surface area contributed by atoms with Gasteiger partial charge in [0, 0.05) is 24.2 Å². The average Bonchev–Trinajstić information content (AvgIpc) is 3.47. The third-order valence-corrected chi connectivity index (χ3v) is 6.12. The van der Waals surface area contributed by atoms with Gasteiger partial charge in [-0.1, -0.05) is 32.9 Å². The molecule has 2 aromatic carbocycles. The molecule has 166 valence electrons. The van der Waals surface area contributed by atoms with Crippen LogP contribution in [-0.2, 0) is 5.41 Å². The van der Waals surface area contributed by atoms with Crippen LogP contribution in [0.5, 0.6) is 11.5 Å². The molecular weight excluding hydrogens is 406 g/mol. The van der Waals surface area contributed by atoms with Crippen molar-refractivity contribution in [3.8, 4) is 23.0 Å². The van der Waals surface area contributed by atoms with Crippen LogP contribution in [0.3, 0.4) is 0 Å². The minimum absolute atomic E-state index is 0.0248. The van der Waals surface area contributed by atoms with Gasteiger partial charge in [-0.3, -0.25) is 4.79 Å². The van der Waals surface area contributed by atoms with E-state index in [9.17, 15) is 4.79 Å². The molecule has 1 aromatic heterocycles. The van der Waals surface area contributed by atoms with Crippen LogP contribution in [0.4, 0.5) is 0 Å². The van der Waals surface area contributed by atoms with Crippen molar-refractivity contribution in [3.63, 3.8) is 0 Å². The van der Waals surface area contributed by atoms with Crippen molar-refractivity contribution in [1.82, 2.24) is 15.1 Å². The molecule has 0 spiro atoms. The minimum Gasteiger partial charge on any atom is -0.454 e. The molecule has 3 heterocycles. The van der Waals surface area contributed by atoms with E-state index in [1.807, 2.05) is 47.4 Å². The van der Waals surface area contributed by atoms with E-state index >= 15 is 0 Å². The number of ether oxygens (including phenoxy) is 2. The number of aromatic nitrogens is 2. The fraction of sp³-hybridized carbons (Fsp3) is 0.400. The average molecular weight is 434 g/mol. The Morgan fingerprint density at radius 2 is 1.81 bits per heavy atom. The summed E-state index contributed by atoms with van der Waals surface area (Å²) < 4.78 is 16.8. The molecule has 7 nitrogen and oxygen atoms in total. The van der Waals surface area contributed by atoms with Gasteiger partial charge in [0.1, 0.15) is 0 Å². The van der Waals surface area contributed by atoms with Gasteiger partial charge in [-0.25, -0.2) is 0 Å². The van der Waals surface area contributed by atoms with Crippen molar-refractivity contribution in [3.05, 3.63) is 59.5 Å². The Hall–Kier alpha value is -3.35. The molecule has 3 aromatic rings. The molecule has 0 bridgehead atoms. The van der Waals surface area contributed by atoms with Crippen molar-refractivity contribution in [1.29, 1.82) is 0 Å². The lowest BCUT2D eigenvalue weighted by Gasteiger charge is -2.31. The van der Waals surface area contributed by atoms with Crippen molar-refractivity contribution < 1.29 is 18.7 Å². The second-order valence-electron chi connectivity index (χ2n) is 9.43. The molecule has 1 unspecified atom stereocenters. The monoisotopic (exact) mass is 433 g/mol. The molecule has 0 aliphatic carbocycles. The molecule has 0 N–H and O–H groups in total. The lowest BCUT2D eigenvalue weighted by atomic mass is 9.86. The standard InChI is InChI=1S/C25H27N3O4/c1-25(2,3)19-9-6-16(7-10-19)24(29)28-12-4-5-18(14-28)23-27-26-22(32-23)17-8-11-20-21(13-17)31-15-30-20/h6-11,13,18H,4-5,12,14-15H2,1-3H3. The van der Waals surface area contributed by atoms with Crippen molar-refractivity contribution in [2.24, 2.45) is 0 Å². The van der Waals surface area contributed by atoms with Crippen LogP contribution >= 0.6 is 0 Å². The summed E-state index contributed by atoms with van der Waals surface area (Å²) in [5.74, 6) is 2.47. The summed E-state index contributed by atoms with van der Waals surface area (Å²) in [6.07, 6.45) is 1.81. The maximum atomic E-state index is 13.1. The van der Waals surface area contributed by atoms with Gasteiger partial charge in [0.2, 0.25) is 18.6 Å². The van der Waals surface area contributed by atoms with E-state index in [1.54, 1.807) is 0 Å². The lowest BCUT2D eigenvalue weighted by Crippen LogP contribution is -2.39. The van der Waals surface area contributed by atoms with Gasteiger partial charge in [-0.05, 0) is 54.2 Å². The van der Waals surface area contributed by atoms with Crippen LogP contribution < -0.4 is 9.47 Å². The number of nitrogens with zero attached hydrogens (tertiary/aromatic N) is 3. The molecule has 0 radical (unpaired) electrons. The summed E-state index contributed by atoms with van der Waals surface area (Å²) in [4.78, 5) is 15.0. The number of rotatable bonds is 3. The molecule has 1 saturated heterocycles. The zero-order valence-electron chi connectivity index (χ0n) is 18.6. The van der Waals surface area contributed by atoms with E-state index in [2.05, 4.69) is 31.0 Å². The second kappa shape index (κ2) is 7.97. The topological polar surface area (TPSA) is 77.7 Å². The van der Waals surface area contributed by atoms with E-state index in [4.69, 9.17) is 13.9 Å². The number of amides is 1. The normalized spacial score (nSPS) is 18.1. The summed E-state index contributed by atoms with van der Waals surface area (Å²) in [6, 6.07) is 13.5. The molecule has 2 aliphatic rings. The van der Waals surface area contributed by atoms with Crippen LogP contribution in [0.25, 0.3) is 11.5 Å². The molecule has 1 fully saturated rings. The van der Waals surface area contributed by atoms with E-state index in [0.717, 1.165) is 24.9 Å². The van der Waals surface area contributed by atoms with E-state index < -0.39 is 0 Å². The van der Waals surface area contributed by atoms with Crippen molar-refractivity contribution >= 4 is 5.91 Å². The van der Waals surface area contributed by atoms with Gasteiger partial charge in [0.15, 0.2) is 11.5 Å². The lowest BCUT2D eigenvalue weighted by molar-refractivity contribution is 0.0698. The van der Waals surface area contributed by atoms with Gasteiger partial charge < -0.3 is 18.8 Å². The highest BCUT2D eigenvalue weighted by Crippen LogP contribution is 2.36.